The van der Waals surface area contributed by atoms with Crippen LogP contribution in [-0.2, 0) is 11.3 Å². The zero-order chi connectivity index (χ0) is 22.8. The lowest BCUT2D eigenvalue weighted by Crippen LogP contribution is -2.57. The number of carbonyl (C=O) groups excluding carboxylic acids is 2. The number of rotatable bonds is 5. The quantitative estimate of drug-likeness (QED) is 0.711. The van der Waals surface area contributed by atoms with Gasteiger partial charge in [-0.25, -0.2) is 0 Å². The third-order valence-electron chi connectivity index (χ3n) is 6.84. The Morgan fingerprint density at radius 3 is 2.53 bits per heavy atom. The number of piperidine rings is 1. The first-order chi connectivity index (χ1) is 15.4. The molecule has 0 aliphatic carbocycles. The summed E-state index contributed by atoms with van der Waals surface area (Å²) in [6, 6.07) is 5.69. The Balaban J connectivity index is 1.33. The summed E-state index contributed by atoms with van der Waals surface area (Å²) in [5.41, 5.74) is 3.52. The third-order valence-corrected chi connectivity index (χ3v) is 6.84. The van der Waals surface area contributed by atoms with Crippen LogP contribution in [0, 0.1) is 20.8 Å². The first-order valence-corrected chi connectivity index (χ1v) is 11.3. The topological polar surface area (TPSA) is 79.1 Å². The fourth-order valence-corrected chi connectivity index (χ4v) is 4.82. The molecule has 3 heterocycles. The highest BCUT2D eigenvalue weighted by Crippen LogP contribution is 2.25. The monoisotopic (exact) mass is 440 g/mol. The molecule has 0 spiro atoms. The van der Waals surface area contributed by atoms with Crippen LogP contribution in [0.2, 0.25) is 0 Å². The fraction of sp³-hybridized carbons (Fsp3) is 0.542. The summed E-state index contributed by atoms with van der Waals surface area (Å²) in [7, 11) is 1.60. The lowest BCUT2D eigenvalue weighted by atomic mass is 10.0. The van der Waals surface area contributed by atoms with Crippen LogP contribution in [0.3, 0.4) is 0 Å². The van der Waals surface area contributed by atoms with Crippen molar-refractivity contribution in [2.75, 3.05) is 39.8 Å². The standard InChI is InChI=1S/C24H32N4O4/c1-16-20(6-5-7-22(16)31-4)24(30)27-12-13-28(23(29)15-27)19-8-10-26(11-9-19)14-21-17(2)25-32-18(21)3/h5-7,19H,8-15H2,1-4H3. The van der Waals surface area contributed by atoms with Gasteiger partial charge in [-0.1, -0.05) is 11.2 Å². The van der Waals surface area contributed by atoms with Crippen molar-refractivity contribution in [1.29, 1.82) is 0 Å². The molecule has 0 saturated carbocycles. The SMILES string of the molecule is COc1cccc(C(=O)N2CCN(C3CCN(Cc4c(C)noc4C)CC3)C(=O)C2)c1C. The van der Waals surface area contributed by atoms with Gasteiger partial charge in [0.15, 0.2) is 0 Å². The molecule has 0 N–H and O–H groups in total. The molecule has 1 aromatic heterocycles. The Kier molecular flexibility index (Phi) is 6.50. The Hall–Kier alpha value is -2.87. The molecule has 8 heteroatoms. The number of piperazine rings is 1. The molecule has 2 aromatic rings. The highest BCUT2D eigenvalue weighted by molar-refractivity contribution is 5.98. The second kappa shape index (κ2) is 9.32. The van der Waals surface area contributed by atoms with Crippen LogP contribution < -0.4 is 4.74 Å². The average Bonchev–Trinajstić information content (AvgIpc) is 3.11. The molecule has 1 aromatic carbocycles. The zero-order valence-corrected chi connectivity index (χ0v) is 19.4. The number of hydrogen-bond acceptors (Lipinski definition) is 6. The highest BCUT2D eigenvalue weighted by atomic mass is 16.5. The molecule has 2 aliphatic heterocycles. The van der Waals surface area contributed by atoms with E-state index in [4.69, 9.17) is 9.26 Å². The van der Waals surface area contributed by atoms with Gasteiger partial charge in [0.2, 0.25) is 5.91 Å². The van der Waals surface area contributed by atoms with Crippen molar-refractivity contribution < 1.29 is 18.8 Å². The summed E-state index contributed by atoms with van der Waals surface area (Å²) >= 11 is 0. The summed E-state index contributed by atoms with van der Waals surface area (Å²) in [6.07, 6.45) is 1.89. The Morgan fingerprint density at radius 2 is 1.91 bits per heavy atom. The van der Waals surface area contributed by atoms with E-state index in [1.807, 2.05) is 37.8 Å². The summed E-state index contributed by atoms with van der Waals surface area (Å²) < 4.78 is 10.6. The van der Waals surface area contributed by atoms with Crippen molar-refractivity contribution in [3.8, 4) is 5.75 Å². The number of methoxy groups -OCH3 is 1. The summed E-state index contributed by atoms with van der Waals surface area (Å²) in [4.78, 5) is 32.0. The lowest BCUT2D eigenvalue weighted by Gasteiger charge is -2.42. The van der Waals surface area contributed by atoms with E-state index in [1.54, 1.807) is 18.1 Å². The number of aromatic nitrogens is 1. The van der Waals surface area contributed by atoms with E-state index in [0.29, 0.717) is 24.4 Å². The molecule has 172 valence electrons. The van der Waals surface area contributed by atoms with Gasteiger partial charge < -0.3 is 19.1 Å². The van der Waals surface area contributed by atoms with Crippen LogP contribution in [0.5, 0.6) is 5.75 Å². The van der Waals surface area contributed by atoms with Gasteiger partial charge in [0.1, 0.15) is 18.1 Å². The highest BCUT2D eigenvalue weighted by Gasteiger charge is 2.34. The predicted molar refractivity (Wildman–Crippen MR) is 120 cm³/mol. The largest absolute Gasteiger partial charge is 0.496 e. The van der Waals surface area contributed by atoms with E-state index in [1.165, 1.54) is 5.56 Å². The smallest absolute Gasteiger partial charge is 0.254 e. The van der Waals surface area contributed by atoms with E-state index in [0.717, 1.165) is 49.5 Å². The van der Waals surface area contributed by atoms with E-state index in [2.05, 4.69) is 10.1 Å². The van der Waals surface area contributed by atoms with E-state index >= 15 is 0 Å². The molecule has 2 aliphatic rings. The number of carbonyl (C=O) groups is 2. The van der Waals surface area contributed by atoms with Gasteiger partial charge in [0, 0.05) is 55.5 Å². The molecule has 0 unspecified atom stereocenters. The van der Waals surface area contributed by atoms with Crippen molar-refractivity contribution in [3.63, 3.8) is 0 Å². The van der Waals surface area contributed by atoms with Crippen LogP contribution in [0.1, 0.15) is 45.8 Å². The number of ether oxygens (including phenoxy) is 1. The van der Waals surface area contributed by atoms with Crippen molar-refractivity contribution in [2.45, 2.75) is 46.2 Å². The molecular weight excluding hydrogens is 408 g/mol. The first kappa shape index (κ1) is 22.3. The van der Waals surface area contributed by atoms with Crippen LogP contribution in [-0.4, -0.2) is 77.5 Å². The summed E-state index contributed by atoms with van der Waals surface area (Å²) in [5.74, 6) is 1.49. The van der Waals surface area contributed by atoms with Crippen LogP contribution in [0.25, 0.3) is 0 Å². The maximum absolute atomic E-state index is 13.0. The lowest BCUT2D eigenvalue weighted by molar-refractivity contribution is -0.138. The molecule has 0 atom stereocenters. The second-order valence-electron chi connectivity index (χ2n) is 8.76. The molecule has 0 bridgehead atoms. The van der Waals surface area contributed by atoms with Crippen LogP contribution in [0.4, 0.5) is 0 Å². The molecule has 2 fully saturated rings. The number of amides is 2. The fourth-order valence-electron chi connectivity index (χ4n) is 4.82. The molecule has 4 rings (SSSR count). The van der Waals surface area contributed by atoms with Gasteiger partial charge >= 0.3 is 0 Å². The summed E-state index contributed by atoms with van der Waals surface area (Å²) in [5, 5.41) is 4.04. The van der Waals surface area contributed by atoms with Gasteiger partial charge in [-0.15, -0.1) is 0 Å². The first-order valence-electron chi connectivity index (χ1n) is 11.3. The second-order valence-corrected chi connectivity index (χ2v) is 8.76. The van der Waals surface area contributed by atoms with Gasteiger partial charge in [-0.05, 0) is 45.7 Å². The van der Waals surface area contributed by atoms with Gasteiger partial charge in [0.05, 0.1) is 12.8 Å². The third kappa shape index (κ3) is 4.37. The minimum atomic E-state index is -0.108. The minimum Gasteiger partial charge on any atom is -0.496 e. The van der Waals surface area contributed by atoms with E-state index < -0.39 is 0 Å². The molecule has 32 heavy (non-hydrogen) atoms. The number of benzene rings is 1. The van der Waals surface area contributed by atoms with Crippen molar-refractivity contribution in [1.82, 2.24) is 19.9 Å². The Labute approximate surface area is 189 Å². The van der Waals surface area contributed by atoms with E-state index in [-0.39, 0.29) is 24.4 Å². The predicted octanol–water partition coefficient (Wildman–Crippen LogP) is 2.56. The van der Waals surface area contributed by atoms with E-state index in [9.17, 15) is 9.59 Å². The number of likely N-dealkylation sites (tertiary alicyclic amines) is 1. The number of nitrogens with zero attached hydrogens (tertiary/aromatic N) is 4. The van der Waals surface area contributed by atoms with Gasteiger partial charge in [0.25, 0.3) is 5.91 Å². The Bertz CT molecular complexity index is 974. The van der Waals surface area contributed by atoms with Crippen molar-refractivity contribution in [2.24, 2.45) is 0 Å². The van der Waals surface area contributed by atoms with Crippen LogP contribution >= 0.6 is 0 Å². The maximum Gasteiger partial charge on any atom is 0.254 e. The number of hydrogen-bond donors (Lipinski definition) is 0. The van der Waals surface area contributed by atoms with Gasteiger partial charge in [-0.2, -0.15) is 0 Å². The molecule has 2 saturated heterocycles. The summed E-state index contributed by atoms with van der Waals surface area (Å²) in [6.45, 7) is 9.79. The van der Waals surface area contributed by atoms with Crippen molar-refractivity contribution in [3.05, 3.63) is 46.3 Å². The van der Waals surface area contributed by atoms with Crippen LogP contribution in [0.15, 0.2) is 22.7 Å². The zero-order valence-electron chi connectivity index (χ0n) is 19.4. The molecule has 2 amide bonds. The minimum absolute atomic E-state index is 0.0364. The molecule has 8 nitrogen and oxygen atoms in total. The van der Waals surface area contributed by atoms with Crippen molar-refractivity contribution >= 4 is 11.8 Å². The Morgan fingerprint density at radius 1 is 1.16 bits per heavy atom. The number of aryl methyl sites for hydroxylation is 2. The molecular formula is C24H32N4O4. The van der Waals surface area contributed by atoms with Gasteiger partial charge in [-0.3, -0.25) is 14.5 Å². The normalized spacial score (nSPS) is 18.3. The average molecular weight is 441 g/mol. The molecule has 0 radical (unpaired) electrons. The maximum atomic E-state index is 13.0.